The van der Waals surface area contributed by atoms with E-state index >= 15 is 0 Å². The smallest absolute Gasteiger partial charge is 0.246 e. The number of anilines is 1. The molecule has 4 heterocycles. The SMILES string of the molecule is O=C(Nc1cc(Cl)cc(Cl)c1)C1[C@@H]2C=C[C@]3(O2)C(C(=O)NC2CCCCC2)N(CCN2CCCCCC2)C(=O)[C@H]13. The van der Waals surface area contributed by atoms with Crippen molar-refractivity contribution >= 4 is 46.6 Å². The van der Waals surface area contributed by atoms with Crippen molar-refractivity contribution in [3.63, 3.8) is 0 Å². The molecule has 6 rings (SSSR count). The van der Waals surface area contributed by atoms with Crippen LogP contribution in [0.2, 0.25) is 10.0 Å². The van der Waals surface area contributed by atoms with Crippen molar-refractivity contribution in [2.45, 2.75) is 81.6 Å². The summed E-state index contributed by atoms with van der Waals surface area (Å²) in [7, 11) is 0. The molecule has 40 heavy (non-hydrogen) atoms. The van der Waals surface area contributed by atoms with Crippen LogP contribution in [0.1, 0.15) is 57.8 Å². The second-order valence-corrected chi connectivity index (χ2v) is 12.9. The first-order chi connectivity index (χ1) is 19.4. The van der Waals surface area contributed by atoms with Crippen molar-refractivity contribution in [3.8, 4) is 0 Å². The number of nitrogens with one attached hydrogen (secondary N) is 2. The van der Waals surface area contributed by atoms with Gasteiger partial charge in [-0.2, -0.15) is 0 Å². The number of hydrogen-bond donors (Lipinski definition) is 2. The predicted molar refractivity (Wildman–Crippen MR) is 154 cm³/mol. The Bertz CT molecular complexity index is 1160. The molecule has 3 amide bonds. The van der Waals surface area contributed by atoms with Crippen molar-refractivity contribution in [2.24, 2.45) is 11.8 Å². The Labute approximate surface area is 245 Å². The molecule has 1 spiro atoms. The maximum Gasteiger partial charge on any atom is 0.246 e. The summed E-state index contributed by atoms with van der Waals surface area (Å²) in [5.41, 5.74) is -0.703. The standard InChI is InChI=1S/C30H38Cl2N4O4/c31-19-16-20(32)18-22(17-19)34-27(37)24-23-10-11-30(40-23)25(24)29(39)36(15-14-35-12-6-1-2-7-13-35)26(30)28(38)33-21-8-4-3-5-9-21/h10-11,16-18,21,23-26H,1-9,12-15H2,(H,33,38)(H,34,37)/t23-,24?,25-,26?,30+/m0/s1. The largest absolute Gasteiger partial charge is 0.359 e. The molecule has 8 nitrogen and oxygen atoms in total. The highest BCUT2D eigenvalue weighted by Crippen LogP contribution is 2.55. The van der Waals surface area contributed by atoms with Gasteiger partial charge in [0.2, 0.25) is 17.7 Å². The second kappa shape index (κ2) is 11.6. The third kappa shape index (κ3) is 5.28. The van der Waals surface area contributed by atoms with Crippen LogP contribution in [0.5, 0.6) is 0 Å². The fourth-order valence-electron chi connectivity index (χ4n) is 7.50. The number of hydrogen-bond acceptors (Lipinski definition) is 5. The highest BCUT2D eigenvalue weighted by molar-refractivity contribution is 6.35. The molecular weight excluding hydrogens is 551 g/mol. The molecule has 1 aliphatic carbocycles. The number of likely N-dealkylation sites (tertiary alicyclic amines) is 2. The van der Waals surface area contributed by atoms with E-state index in [0.717, 1.165) is 51.6 Å². The van der Waals surface area contributed by atoms with Crippen LogP contribution in [0.4, 0.5) is 5.69 Å². The van der Waals surface area contributed by atoms with Crippen molar-refractivity contribution in [1.29, 1.82) is 0 Å². The Kier molecular flexibility index (Phi) is 8.14. The number of halogens is 2. The number of amides is 3. The van der Waals surface area contributed by atoms with Crippen molar-refractivity contribution < 1.29 is 19.1 Å². The van der Waals surface area contributed by atoms with E-state index in [1.807, 2.05) is 12.2 Å². The quantitative estimate of drug-likeness (QED) is 0.460. The summed E-state index contributed by atoms with van der Waals surface area (Å²) in [5, 5.41) is 6.95. The molecule has 2 unspecified atom stereocenters. The lowest BCUT2D eigenvalue weighted by atomic mass is 9.74. The van der Waals surface area contributed by atoms with Gasteiger partial charge >= 0.3 is 0 Å². The van der Waals surface area contributed by atoms with Crippen LogP contribution < -0.4 is 10.6 Å². The number of rotatable bonds is 7. The van der Waals surface area contributed by atoms with Gasteiger partial charge in [-0.05, 0) is 57.0 Å². The maximum absolute atomic E-state index is 14.2. The van der Waals surface area contributed by atoms with Crippen molar-refractivity contribution in [2.75, 3.05) is 31.5 Å². The number of benzene rings is 1. The third-order valence-corrected chi connectivity index (χ3v) is 9.80. The molecule has 3 saturated heterocycles. The van der Waals surface area contributed by atoms with Gasteiger partial charge in [0.15, 0.2) is 0 Å². The van der Waals surface area contributed by atoms with E-state index in [2.05, 4.69) is 15.5 Å². The van der Waals surface area contributed by atoms with Gasteiger partial charge < -0.3 is 25.2 Å². The highest BCUT2D eigenvalue weighted by Gasteiger charge is 2.72. The number of ether oxygens (including phenoxy) is 1. The van der Waals surface area contributed by atoms with Gasteiger partial charge in [-0.1, -0.05) is 67.5 Å². The topological polar surface area (TPSA) is 91.0 Å². The monoisotopic (exact) mass is 588 g/mol. The molecule has 1 saturated carbocycles. The minimum absolute atomic E-state index is 0.105. The Morgan fingerprint density at radius 3 is 2.30 bits per heavy atom. The zero-order chi connectivity index (χ0) is 27.9. The Morgan fingerprint density at radius 1 is 0.925 bits per heavy atom. The van der Waals surface area contributed by atoms with Crippen molar-refractivity contribution in [1.82, 2.24) is 15.1 Å². The van der Waals surface area contributed by atoms with E-state index < -0.39 is 29.6 Å². The average molecular weight is 590 g/mol. The maximum atomic E-state index is 14.2. The summed E-state index contributed by atoms with van der Waals surface area (Å²) in [6.45, 7) is 3.13. The molecule has 5 aliphatic rings. The number of carbonyl (C=O) groups excluding carboxylic acids is 3. The zero-order valence-corrected chi connectivity index (χ0v) is 24.3. The average Bonchev–Trinajstić information content (AvgIpc) is 3.46. The molecule has 216 valence electrons. The van der Waals surface area contributed by atoms with Gasteiger partial charge in [-0.25, -0.2) is 0 Å². The van der Waals surface area contributed by atoms with Crippen LogP contribution in [-0.4, -0.2) is 77.5 Å². The summed E-state index contributed by atoms with van der Waals surface area (Å²) >= 11 is 12.3. The van der Waals surface area contributed by atoms with Crippen LogP contribution in [0.3, 0.4) is 0 Å². The third-order valence-electron chi connectivity index (χ3n) is 9.36. The first kappa shape index (κ1) is 28.0. The van der Waals surface area contributed by atoms with Crippen LogP contribution in [0, 0.1) is 11.8 Å². The van der Waals surface area contributed by atoms with E-state index in [0.29, 0.717) is 28.8 Å². The lowest BCUT2D eigenvalue weighted by molar-refractivity contribution is -0.141. The lowest BCUT2D eigenvalue weighted by Gasteiger charge is -2.35. The number of nitrogens with zero attached hydrogens (tertiary/aromatic N) is 2. The summed E-state index contributed by atoms with van der Waals surface area (Å²) < 4.78 is 6.48. The number of fused-ring (bicyclic) bond motifs is 1. The van der Waals surface area contributed by atoms with Crippen LogP contribution in [-0.2, 0) is 19.1 Å². The minimum atomic E-state index is -1.16. The first-order valence-corrected chi connectivity index (χ1v) is 15.6. The van der Waals surface area contributed by atoms with E-state index in [4.69, 9.17) is 27.9 Å². The molecule has 0 radical (unpaired) electrons. The molecule has 4 fully saturated rings. The number of carbonyl (C=O) groups is 3. The Hall–Kier alpha value is -2.13. The van der Waals surface area contributed by atoms with Crippen LogP contribution >= 0.6 is 23.2 Å². The molecule has 2 bridgehead atoms. The molecule has 5 atom stereocenters. The van der Waals surface area contributed by atoms with Crippen molar-refractivity contribution in [3.05, 3.63) is 40.4 Å². The molecule has 1 aromatic rings. The molecule has 4 aliphatic heterocycles. The molecule has 1 aromatic carbocycles. The van der Waals surface area contributed by atoms with Gasteiger partial charge in [-0.3, -0.25) is 14.4 Å². The van der Waals surface area contributed by atoms with E-state index in [1.165, 1.54) is 19.3 Å². The highest BCUT2D eigenvalue weighted by atomic mass is 35.5. The second-order valence-electron chi connectivity index (χ2n) is 12.0. The van der Waals surface area contributed by atoms with Gasteiger partial charge in [0, 0.05) is 34.9 Å². The van der Waals surface area contributed by atoms with Crippen LogP contribution in [0.15, 0.2) is 30.4 Å². The summed E-state index contributed by atoms with van der Waals surface area (Å²) in [6.07, 6.45) is 13.2. The van der Waals surface area contributed by atoms with Gasteiger partial charge in [-0.15, -0.1) is 0 Å². The first-order valence-electron chi connectivity index (χ1n) is 14.8. The Balaban J connectivity index is 1.26. The molecule has 2 N–H and O–H groups in total. The predicted octanol–water partition coefficient (Wildman–Crippen LogP) is 4.41. The van der Waals surface area contributed by atoms with E-state index in [1.54, 1.807) is 23.1 Å². The summed E-state index contributed by atoms with van der Waals surface area (Å²) in [6, 6.07) is 4.13. The molecular formula is C30H38Cl2N4O4. The van der Waals surface area contributed by atoms with Gasteiger partial charge in [0.1, 0.15) is 11.6 Å². The minimum Gasteiger partial charge on any atom is -0.359 e. The van der Waals surface area contributed by atoms with Gasteiger partial charge in [0.05, 0.1) is 17.9 Å². The summed E-state index contributed by atoms with van der Waals surface area (Å²) in [5.74, 6) is -2.23. The fourth-order valence-corrected chi connectivity index (χ4v) is 8.02. The van der Waals surface area contributed by atoms with Crippen LogP contribution in [0.25, 0.3) is 0 Å². The molecule has 10 heteroatoms. The van der Waals surface area contributed by atoms with Gasteiger partial charge in [0.25, 0.3) is 0 Å². The fraction of sp³-hybridized carbons (Fsp3) is 0.633. The van der Waals surface area contributed by atoms with E-state index in [-0.39, 0.29) is 23.8 Å². The zero-order valence-electron chi connectivity index (χ0n) is 22.7. The molecule has 0 aromatic heterocycles. The summed E-state index contributed by atoms with van der Waals surface area (Å²) in [4.78, 5) is 45.9. The van der Waals surface area contributed by atoms with E-state index in [9.17, 15) is 14.4 Å². The lowest BCUT2D eigenvalue weighted by Crippen LogP contribution is -2.57. The normalized spacial score (nSPS) is 32.2. The Morgan fingerprint density at radius 2 is 1.60 bits per heavy atom.